The van der Waals surface area contributed by atoms with E-state index in [1.807, 2.05) is 6.92 Å². The fraction of sp³-hybridized carbons (Fsp3) is 0.0833. The third-order valence-electron chi connectivity index (χ3n) is 2.31. The average molecular weight is 334 g/mol. The van der Waals surface area contributed by atoms with E-state index in [-0.39, 0.29) is 11.3 Å². The van der Waals surface area contributed by atoms with E-state index in [2.05, 4.69) is 15.9 Å². The van der Waals surface area contributed by atoms with E-state index in [4.69, 9.17) is 11.6 Å². The Kier molecular flexibility index (Phi) is 3.66. The van der Waals surface area contributed by atoms with E-state index in [1.54, 1.807) is 6.07 Å². The minimum absolute atomic E-state index is 0.00546. The van der Waals surface area contributed by atoms with Gasteiger partial charge in [0.15, 0.2) is 5.78 Å². The lowest BCUT2D eigenvalue weighted by Gasteiger charge is -2.02. The van der Waals surface area contributed by atoms with Gasteiger partial charge in [0.1, 0.15) is 5.82 Å². The molecule has 2 aromatic rings. The summed E-state index contributed by atoms with van der Waals surface area (Å²) in [5.74, 6) is -0.898. The maximum atomic E-state index is 13.6. The summed E-state index contributed by atoms with van der Waals surface area (Å²) < 4.78 is 14.4. The molecule has 0 spiro atoms. The standard InChI is InChI=1S/C12H7BrClFOS/c1-6-8(5-11(13)17-6)12(16)9-4-7(14)2-3-10(9)15/h2-5H,1H3. The summed E-state index contributed by atoms with van der Waals surface area (Å²) in [5, 5.41) is 0.349. The predicted octanol–water partition coefficient (Wildman–Crippen LogP) is 4.84. The zero-order valence-electron chi connectivity index (χ0n) is 8.76. The fourth-order valence-electron chi connectivity index (χ4n) is 1.49. The van der Waals surface area contributed by atoms with Crippen LogP contribution in [0.3, 0.4) is 0 Å². The predicted molar refractivity (Wildman–Crippen MR) is 71.6 cm³/mol. The normalized spacial score (nSPS) is 10.6. The van der Waals surface area contributed by atoms with Crippen LogP contribution in [-0.4, -0.2) is 5.78 Å². The summed E-state index contributed by atoms with van der Waals surface area (Å²) in [6.45, 7) is 1.82. The van der Waals surface area contributed by atoms with Gasteiger partial charge in [0, 0.05) is 15.5 Å². The highest BCUT2D eigenvalue weighted by atomic mass is 79.9. The van der Waals surface area contributed by atoms with Gasteiger partial charge < -0.3 is 0 Å². The van der Waals surface area contributed by atoms with Crippen molar-refractivity contribution in [1.82, 2.24) is 0 Å². The van der Waals surface area contributed by atoms with Gasteiger partial charge in [-0.25, -0.2) is 4.39 Å². The first-order chi connectivity index (χ1) is 7.99. The Balaban J connectivity index is 2.50. The monoisotopic (exact) mass is 332 g/mol. The topological polar surface area (TPSA) is 17.1 Å². The van der Waals surface area contributed by atoms with E-state index in [0.717, 1.165) is 8.66 Å². The third kappa shape index (κ3) is 2.59. The van der Waals surface area contributed by atoms with Crippen molar-refractivity contribution in [3.8, 4) is 0 Å². The molecule has 0 aliphatic rings. The Morgan fingerprint density at radius 1 is 1.35 bits per heavy atom. The van der Waals surface area contributed by atoms with Crippen LogP contribution in [0.1, 0.15) is 20.8 Å². The summed E-state index contributed by atoms with van der Waals surface area (Å²) >= 11 is 10.5. The zero-order chi connectivity index (χ0) is 12.6. The highest BCUT2D eigenvalue weighted by Crippen LogP contribution is 2.29. The number of hydrogen-bond acceptors (Lipinski definition) is 2. The molecule has 88 valence electrons. The van der Waals surface area contributed by atoms with Gasteiger partial charge in [0.05, 0.1) is 9.35 Å². The van der Waals surface area contributed by atoms with Crippen molar-refractivity contribution < 1.29 is 9.18 Å². The fourth-order valence-corrected chi connectivity index (χ4v) is 3.35. The van der Waals surface area contributed by atoms with Crippen LogP contribution in [0, 0.1) is 12.7 Å². The molecule has 1 aromatic carbocycles. The van der Waals surface area contributed by atoms with Crippen LogP contribution in [0.2, 0.25) is 5.02 Å². The number of hydrogen-bond donors (Lipinski definition) is 0. The maximum Gasteiger partial charge on any atom is 0.197 e. The van der Waals surface area contributed by atoms with Crippen LogP contribution >= 0.6 is 38.9 Å². The number of benzene rings is 1. The molecule has 0 saturated heterocycles. The number of thiophene rings is 1. The van der Waals surface area contributed by atoms with Crippen LogP contribution in [0.15, 0.2) is 28.1 Å². The first-order valence-corrected chi connectivity index (χ1v) is 6.73. The molecule has 1 heterocycles. The summed E-state index contributed by atoms with van der Waals surface area (Å²) in [6, 6.07) is 5.67. The van der Waals surface area contributed by atoms with Crippen molar-refractivity contribution in [2.45, 2.75) is 6.92 Å². The molecule has 0 bridgehead atoms. The lowest BCUT2D eigenvalue weighted by Crippen LogP contribution is -2.04. The summed E-state index contributed by atoms with van der Waals surface area (Å²) in [4.78, 5) is 13.0. The van der Waals surface area contributed by atoms with Crippen molar-refractivity contribution >= 4 is 44.7 Å². The third-order valence-corrected chi connectivity index (χ3v) is 4.09. The first kappa shape index (κ1) is 12.7. The van der Waals surface area contributed by atoms with Crippen molar-refractivity contribution in [3.05, 3.63) is 54.9 Å². The second-order valence-electron chi connectivity index (χ2n) is 3.47. The molecule has 0 unspecified atom stereocenters. The number of aryl methyl sites for hydroxylation is 1. The van der Waals surface area contributed by atoms with Crippen LogP contribution in [0.5, 0.6) is 0 Å². The van der Waals surface area contributed by atoms with Gasteiger partial charge >= 0.3 is 0 Å². The molecule has 5 heteroatoms. The molecule has 1 aromatic heterocycles. The van der Waals surface area contributed by atoms with E-state index in [9.17, 15) is 9.18 Å². The number of rotatable bonds is 2. The van der Waals surface area contributed by atoms with Gasteiger partial charge in [0.25, 0.3) is 0 Å². The second kappa shape index (κ2) is 4.88. The first-order valence-electron chi connectivity index (χ1n) is 4.74. The van der Waals surface area contributed by atoms with Crippen molar-refractivity contribution in [2.24, 2.45) is 0 Å². The van der Waals surface area contributed by atoms with Gasteiger partial charge in [-0.15, -0.1) is 11.3 Å². The van der Waals surface area contributed by atoms with Gasteiger partial charge in [-0.2, -0.15) is 0 Å². The van der Waals surface area contributed by atoms with Crippen LogP contribution in [0.25, 0.3) is 0 Å². The largest absolute Gasteiger partial charge is 0.288 e. The van der Waals surface area contributed by atoms with Gasteiger partial charge in [-0.3, -0.25) is 4.79 Å². The number of carbonyl (C=O) groups excluding carboxylic acids is 1. The molecule has 0 radical (unpaired) electrons. The Bertz CT molecular complexity index is 594. The minimum Gasteiger partial charge on any atom is -0.288 e. The molecule has 17 heavy (non-hydrogen) atoms. The number of carbonyl (C=O) groups is 1. The van der Waals surface area contributed by atoms with Crippen LogP contribution in [-0.2, 0) is 0 Å². The second-order valence-corrected chi connectivity index (χ2v) is 6.55. The summed E-state index contributed by atoms with van der Waals surface area (Å²) in [7, 11) is 0. The van der Waals surface area contributed by atoms with E-state index in [1.165, 1.54) is 29.5 Å². The molecule has 0 saturated carbocycles. The zero-order valence-corrected chi connectivity index (χ0v) is 11.9. The van der Waals surface area contributed by atoms with E-state index in [0.29, 0.717) is 10.6 Å². The number of ketones is 1. The molecule has 1 nitrogen and oxygen atoms in total. The Morgan fingerprint density at radius 3 is 2.65 bits per heavy atom. The summed E-state index contributed by atoms with van der Waals surface area (Å²) in [6.07, 6.45) is 0. The summed E-state index contributed by atoms with van der Waals surface area (Å²) in [5.41, 5.74) is 0.508. The van der Waals surface area contributed by atoms with Crippen molar-refractivity contribution in [1.29, 1.82) is 0 Å². The smallest absolute Gasteiger partial charge is 0.197 e. The Hall–Kier alpha value is -0.710. The Morgan fingerprint density at radius 2 is 2.06 bits per heavy atom. The molecule has 0 N–H and O–H groups in total. The molecule has 0 aliphatic carbocycles. The van der Waals surface area contributed by atoms with Crippen molar-refractivity contribution in [3.63, 3.8) is 0 Å². The van der Waals surface area contributed by atoms with Crippen molar-refractivity contribution in [2.75, 3.05) is 0 Å². The average Bonchev–Trinajstić information content (AvgIpc) is 2.60. The maximum absolute atomic E-state index is 13.6. The Labute approximate surface area is 115 Å². The van der Waals surface area contributed by atoms with Gasteiger partial charge in [-0.05, 0) is 47.1 Å². The van der Waals surface area contributed by atoms with E-state index >= 15 is 0 Å². The van der Waals surface area contributed by atoms with Crippen LogP contribution < -0.4 is 0 Å². The molecular formula is C12H7BrClFOS. The highest BCUT2D eigenvalue weighted by Gasteiger charge is 2.18. The lowest BCUT2D eigenvalue weighted by molar-refractivity contribution is 0.103. The number of halogens is 3. The lowest BCUT2D eigenvalue weighted by atomic mass is 10.0. The van der Waals surface area contributed by atoms with E-state index < -0.39 is 5.82 Å². The minimum atomic E-state index is -0.555. The molecule has 0 fully saturated rings. The molecule has 0 aliphatic heterocycles. The van der Waals surface area contributed by atoms with Gasteiger partial charge in [0.2, 0.25) is 0 Å². The van der Waals surface area contributed by atoms with Crippen LogP contribution in [0.4, 0.5) is 4.39 Å². The molecule has 2 rings (SSSR count). The highest BCUT2D eigenvalue weighted by molar-refractivity contribution is 9.11. The quantitative estimate of drug-likeness (QED) is 0.719. The SMILES string of the molecule is Cc1sc(Br)cc1C(=O)c1cc(Cl)ccc1F. The molecular weight excluding hydrogens is 327 g/mol. The molecule has 0 atom stereocenters. The molecule has 0 amide bonds. The van der Waals surface area contributed by atoms with Gasteiger partial charge in [-0.1, -0.05) is 11.6 Å².